The fourth-order valence-electron chi connectivity index (χ4n) is 3.08. The van der Waals surface area contributed by atoms with Crippen LogP contribution in [0.15, 0.2) is 54.2 Å². The molecule has 2 aromatic carbocycles. The van der Waals surface area contributed by atoms with Gasteiger partial charge in [0.2, 0.25) is 0 Å². The van der Waals surface area contributed by atoms with Crippen molar-refractivity contribution in [3.63, 3.8) is 0 Å². The lowest BCUT2D eigenvalue weighted by Gasteiger charge is -2.20. The molecule has 0 radical (unpaired) electrons. The van der Waals surface area contributed by atoms with E-state index in [1.54, 1.807) is 49.6 Å². The van der Waals surface area contributed by atoms with E-state index in [1.807, 2.05) is 20.8 Å². The maximum atomic E-state index is 12.7. The summed E-state index contributed by atoms with van der Waals surface area (Å²) in [7, 11) is 1.55. The minimum atomic E-state index is -0.785. The second kappa shape index (κ2) is 12.3. The number of hydrazone groups is 1. The molecule has 33 heavy (non-hydrogen) atoms. The highest BCUT2D eigenvalue weighted by Crippen LogP contribution is 2.31. The van der Waals surface area contributed by atoms with Gasteiger partial charge in [-0.25, -0.2) is 5.43 Å². The molecule has 1 unspecified atom stereocenters. The second-order valence-electron chi connectivity index (χ2n) is 7.61. The molecule has 0 fully saturated rings. The highest BCUT2D eigenvalue weighted by molar-refractivity contribution is 5.97. The molecule has 2 aromatic rings. The summed E-state index contributed by atoms with van der Waals surface area (Å²) in [6.45, 7) is 9.57. The molecular weight excluding hydrogens is 422 g/mol. The number of aromatic hydroxyl groups is 1. The van der Waals surface area contributed by atoms with E-state index in [0.717, 1.165) is 0 Å². The van der Waals surface area contributed by atoms with Gasteiger partial charge in [-0.3, -0.25) is 9.59 Å². The second-order valence-corrected chi connectivity index (χ2v) is 7.61. The largest absolute Gasteiger partial charge is 0.504 e. The quantitative estimate of drug-likeness (QED) is 0.274. The Kier molecular flexibility index (Phi) is 9.47. The third-order valence-electron chi connectivity index (χ3n) is 4.82. The third kappa shape index (κ3) is 7.10. The molecule has 8 heteroatoms. The molecule has 0 aromatic heterocycles. The van der Waals surface area contributed by atoms with Crippen molar-refractivity contribution in [3.05, 3.63) is 65.7 Å². The van der Waals surface area contributed by atoms with Crippen molar-refractivity contribution in [3.8, 4) is 17.2 Å². The summed E-state index contributed by atoms with van der Waals surface area (Å²) < 4.78 is 10.6. The highest BCUT2D eigenvalue weighted by atomic mass is 16.5. The number of amides is 2. The normalized spacial score (nSPS) is 11.8. The Morgan fingerprint density at radius 3 is 2.48 bits per heavy atom. The summed E-state index contributed by atoms with van der Waals surface area (Å²) in [4.78, 5) is 25.3. The van der Waals surface area contributed by atoms with Crippen LogP contribution in [0.5, 0.6) is 17.2 Å². The first kappa shape index (κ1) is 25.5. The zero-order valence-electron chi connectivity index (χ0n) is 19.4. The zero-order chi connectivity index (χ0) is 24.4. The van der Waals surface area contributed by atoms with Crippen molar-refractivity contribution in [2.45, 2.75) is 33.2 Å². The Balaban J connectivity index is 2.11. The lowest BCUT2D eigenvalue weighted by atomic mass is 10.0. The van der Waals surface area contributed by atoms with Crippen molar-refractivity contribution in [2.75, 3.05) is 13.7 Å². The van der Waals surface area contributed by atoms with Crippen molar-refractivity contribution in [1.82, 2.24) is 10.7 Å². The van der Waals surface area contributed by atoms with Crippen molar-refractivity contribution < 1.29 is 24.2 Å². The van der Waals surface area contributed by atoms with Gasteiger partial charge in [0.05, 0.1) is 19.9 Å². The van der Waals surface area contributed by atoms with Gasteiger partial charge in [-0.15, -0.1) is 6.58 Å². The number of nitrogens with zero attached hydrogens (tertiary/aromatic N) is 1. The molecule has 2 rings (SSSR count). The Bertz CT molecular complexity index is 1000. The van der Waals surface area contributed by atoms with E-state index in [4.69, 9.17) is 9.47 Å². The Morgan fingerprint density at radius 1 is 1.21 bits per heavy atom. The van der Waals surface area contributed by atoms with Gasteiger partial charge in [-0.05, 0) is 61.2 Å². The lowest BCUT2D eigenvalue weighted by molar-refractivity contribution is -0.123. The van der Waals surface area contributed by atoms with E-state index in [9.17, 15) is 14.7 Å². The monoisotopic (exact) mass is 453 g/mol. The molecule has 0 spiro atoms. The van der Waals surface area contributed by atoms with Gasteiger partial charge < -0.3 is 19.9 Å². The Morgan fingerprint density at radius 2 is 1.91 bits per heavy atom. The van der Waals surface area contributed by atoms with Gasteiger partial charge in [0.25, 0.3) is 11.8 Å². The van der Waals surface area contributed by atoms with Gasteiger partial charge in [0.15, 0.2) is 11.5 Å². The summed E-state index contributed by atoms with van der Waals surface area (Å²) in [6.07, 6.45) is 3.58. The molecule has 0 saturated carbocycles. The molecule has 176 valence electrons. The number of hydrogen-bond donors (Lipinski definition) is 3. The molecule has 0 aliphatic rings. The van der Waals surface area contributed by atoms with Crippen LogP contribution in [0.3, 0.4) is 0 Å². The smallest absolute Gasteiger partial charge is 0.262 e. The van der Waals surface area contributed by atoms with Crippen molar-refractivity contribution in [1.29, 1.82) is 0 Å². The van der Waals surface area contributed by atoms with Gasteiger partial charge in [0, 0.05) is 11.1 Å². The first-order valence-electron chi connectivity index (χ1n) is 10.7. The Labute approximate surface area is 194 Å². The van der Waals surface area contributed by atoms with Gasteiger partial charge in [0.1, 0.15) is 11.8 Å². The minimum absolute atomic E-state index is 0.0547. The molecule has 8 nitrogen and oxygen atoms in total. The van der Waals surface area contributed by atoms with Crippen LogP contribution in [-0.2, 0) is 11.2 Å². The Hall–Kier alpha value is -3.81. The maximum absolute atomic E-state index is 12.7. The van der Waals surface area contributed by atoms with Crippen molar-refractivity contribution in [2.24, 2.45) is 11.0 Å². The van der Waals surface area contributed by atoms with E-state index in [0.29, 0.717) is 41.2 Å². The molecule has 0 aliphatic carbocycles. The number of carbonyl (C=O) groups excluding carboxylic acids is 2. The van der Waals surface area contributed by atoms with E-state index in [2.05, 4.69) is 22.4 Å². The van der Waals surface area contributed by atoms with Crippen LogP contribution in [0.25, 0.3) is 0 Å². The van der Waals surface area contributed by atoms with E-state index < -0.39 is 11.9 Å². The fourth-order valence-corrected chi connectivity index (χ4v) is 3.08. The fraction of sp³-hybridized carbons (Fsp3) is 0.320. The summed E-state index contributed by atoms with van der Waals surface area (Å²) in [6, 6.07) is 9.20. The average molecular weight is 454 g/mol. The van der Waals surface area contributed by atoms with E-state index >= 15 is 0 Å². The molecule has 0 aliphatic heterocycles. The summed E-state index contributed by atoms with van der Waals surface area (Å²) in [5.74, 6) is 0.0370. The van der Waals surface area contributed by atoms with Crippen LogP contribution >= 0.6 is 0 Å². The molecule has 0 bridgehead atoms. The number of rotatable bonds is 11. The highest BCUT2D eigenvalue weighted by Gasteiger charge is 2.24. The summed E-state index contributed by atoms with van der Waals surface area (Å²) in [5, 5.41) is 17.1. The molecule has 2 amide bonds. The van der Waals surface area contributed by atoms with Crippen LogP contribution < -0.4 is 20.2 Å². The standard InChI is InChI=1S/C25H31N3O5/c1-6-8-19-13-17(14-21(23(19)29)33-7-2)15-26-28-25(31)22(16(3)4)27-24(30)18-9-11-20(32-5)12-10-18/h6,9-16,22,29H,1,7-8H2,2-5H3,(H,27,30)(H,28,31). The van der Waals surface area contributed by atoms with Crippen LogP contribution in [0, 0.1) is 5.92 Å². The average Bonchev–Trinajstić information content (AvgIpc) is 2.80. The topological polar surface area (TPSA) is 109 Å². The maximum Gasteiger partial charge on any atom is 0.262 e. The van der Waals surface area contributed by atoms with Crippen LogP contribution in [0.2, 0.25) is 0 Å². The van der Waals surface area contributed by atoms with Crippen LogP contribution in [0.4, 0.5) is 0 Å². The van der Waals surface area contributed by atoms with E-state index in [-0.39, 0.29) is 17.6 Å². The van der Waals surface area contributed by atoms with Crippen LogP contribution in [-0.4, -0.2) is 42.9 Å². The SMILES string of the molecule is C=CCc1cc(C=NNC(=O)C(NC(=O)c2ccc(OC)cc2)C(C)C)cc(OCC)c1O. The predicted octanol–water partition coefficient (Wildman–Crippen LogP) is 3.43. The van der Waals surface area contributed by atoms with Gasteiger partial charge >= 0.3 is 0 Å². The summed E-state index contributed by atoms with van der Waals surface area (Å²) >= 11 is 0. The molecule has 0 saturated heterocycles. The number of methoxy groups -OCH3 is 1. The number of nitrogens with one attached hydrogen (secondary N) is 2. The number of benzene rings is 2. The predicted molar refractivity (Wildman–Crippen MR) is 128 cm³/mol. The van der Waals surface area contributed by atoms with Crippen molar-refractivity contribution >= 4 is 18.0 Å². The van der Waals surface area contributed by atoms with Gasteiger partial charge in [-0.2, -0.15) is 5.10 Å². The lowest BCUT2D eigenvalue weighted by Crippen LogP contribution is -2.48. The zero-order valence-corrected chi connectivity index (χ0v) is 19.4. The van der Waals surface area contributed by atoms with Crippen LogP contribution in [0.1, 0.15) is 42.3 Å². The molecule has 3 N–H and O–H groups in total. The molecule has 0 heterocycles. The summed E-state index contributed by atoms with van der Waals surface area (Å²) in [5.41, 5.74) is 4.16. The minimum Gasteiger partial charge on any atom is -0.504 e. The number of phenols is 1. The number of allylic oxidation sites excluding steroid dienone is 1. The molecular formula is C25H31N3O5. The van der Waals surface area contributed by atoms with E-state index in [1.165, 1.54) is 6.21 Å². The number of phenolic OH excluding ortho intramolecular Hbond substituents is 1. The number of hydrogen-bond acceptors (Lipinski definition) is 6. The number of carbonyl (C=O) groups is 2. The first-order valence-corrected chi connectivity index (χ1v) is 10.7. The first-order chi connectivity index (χ1) is 15.8. The third-order valence-corrected chi connectivity index (χ3v) is 4.82. The van der Waals surface area contributed by atoms with Gasteiger partial charge in [-0.1, -0.05) is 19.9 Å². The number of ether oxygens (including phenoxy) is 2. The molecule has 1 atom stereocenters.